The highest BCUT2D eigenvalue weighted by Gasteiger charge is 2.35. The van der Waals surface area contributed by atoms with Crippen molar-refractivity contribution in [3.63, 3.8) is 0 Å². The highest BCUT2D eigenvalue weighted by Crippen LogP contribution is 2.47. The fourth-order valence-electron chi connectivity index (χ4n) is 4.23. The normalized spacial score (nSPS) is 15.6. The first-order chi connectivity index (χ1) is 14.0. The van der Waals surface area contributed by atoms with Gasteiger partial charge >= 0.3 is 0 Å². The van der Waals surface area contributed by atoms with Gasteiger partial charge in [0.1, 0.15) is 17.8 Å². The highest BCUT2D eigenvalue weighted by atomic mass is 16.3. The maximum absolute atomic E-state index is 9.63. The summed E-state index contributed by atoms with van der Waals surface area (Å²) in [6.07, 6.45) is 1.70. The Morgan fingerprint density at radius 3 is 2.66 bits per heavy atom. The molecule has 1 aliphatic heterocycles. The molecule has 1 atom stereocenters. The Morgan fingerprint density at radius 2 is 1.90 bits per heavy atom. The fraction of sp³-hybridized carbons (Fsp3) is 0.174. The lowest BCUT2D eigenvalue weighted by Gasteiger charge is -2.29. The second kappa shape index (κ2) is 5.98. The van der Waals surface area contributed by atoms with Crippen LogP contribution in [0.3, 0.4) is 0 Å². The summed E-state index contributed by atoms with van der Waals surface area (Å²) in [5.74, 6) is 0. The number of pyridine rings is 1. The number of rotatable bonds is 1. The van der Waals surface area contributed by atoms with Gasteiger partial charge < -0.3 is 14.2 Å². The maximum Gasteiger partial charge on any atom is 0.227 e. The molecule has 1 aliphatic rings. The number of nitrogens with zero attached hydrogens (tertiary/aromatic N) is 5. The van der Waals surface area contributed by atoms with Crippen molar-refractivity contribution < 1.29 is 4.42 Å². The van der Waals surface area contributed by atoms with E-state index in [0.717, 1.165) is 39.0 Å². The molecule has 0 amide bonds. The number of nitriles is 2. The van der Waals surface area contributed by atoms with Crippen LogP contribution in [0.4, 0.5) is 17.1 Å². The number of hydrogen-bond donors (Lipinski definition) is 0. The van der Waals surface area contributed by atoms with Gasteiger partial charge in [0, 0.05) is 35.8 Å². The van der Waals surface area contributed by atoms with Crippen LogP contribution in [0.5, 0.6) is 0 Å². The molecule has 140 valence electrons. The molecule has 5 rings (SSSR count). The molecule has 0 unspecified atom stereocenters. The zero-order chi connectivity index (χ0) is 20.3. The van der Waals surface area contributed by atoms with Gasteiger partial charge in [-0.3, -0.25) is 0 Å². The zero-order valence-corrected chi connectivity index (χ0v) is 16.3. The van der Waals surface area contributed by atoms with Crippen LogP contribution < -0.4 is 9.80 Å². The molecule has 6 nitrogen and oxygen atoms in total. The van der Waals surface area contributed by atoms with Crippen LogP contribution in [0.2, 0.25) is 0 Å². The Labute approximate surface area is 167 Å². The molecule has 0 radical (unpaired) electrons. The van der Waals surface area contributed by atoms with E-state index in [9.17, 15) is 10.5 Å². The summed E-state index contributed by atoms with van der Waals surface area (Å²) in [7, 11) is 1.97. The van der Waals surface area contributed by atoms with Crippen molar-refractivity contribution in [2.24, 2.45) is 0 Å². The van der Waals surface area contributed by atoms with Crippen LogP contribution >= 0.6 is 0 Å². The summed E-state index contributed by atoms with van der Waals surface area (Å²) in [5.41, 5.74) is 6.11. The Morgan fingerprint density at radius 1 is 1.07 bits per heavy atom. The van der Waals surface area contributed by atoms with E-state index < -0.39 is 0 Å². The van der Waals surface area contributed by atoms with Crippen LogP contribution in [0.25, 0.3) is 22.1 Å². The minimum Gasteiger partial charge on any atom is -0.438 e. The third-order valence-corrected chi connectivity index (χ3v) is 5.71. The lowest BCUT2D eigenvalue weighted by atomic mass is 10.1. The third-order valence-electron chi connectivity index (χ3n) is 5.71. The molecule has 2 aromatic heterocycles. The average Bonchev–Trinajstić information content (AvgIpc) is 3.21. The number of hydrogen-bond acceptors (Lipinski definition) is 6. The van der Waals surface area contributed by atoms with E-state index in [1.807, 2.05) is 31.3 Å². The van der Waals surface area contributed by atoms with Gasteiger partial charge in [0.25, 0.3) is 0 Å². The summed E-state index contributed by atoms with van der Waals surface area (Å²) in [4.78, 5) is 8.55. The van der Waals surface area contributed by atoms with Crippen LogP contribution in [0, 0.1) is 29.6 Å². The first-order valence-corrected chi connectivity index (χ1v) is 9.31. The molecule has 0 N–H and O–H groups in total. The van der Waals surface area contributed by atoms with Crippen LogP contribution in [0.1, 0.15) is 23.6 Å². The highest BCUT2D eigenvalue weighted by molar-refractivity contribution is 6.05. The van der Waals surface area contributed by atoms with E-state index in [0.29, 0.717) is 16.8 Å². The number of anilines is 3. The van der Waals surface area contributed by atoms with Crippen LogP contribution in [0.15, 0.2) is 47.0 Å². The van der Waals surface area contributed by atoms with Crippen LogP contribution in [-0.4, -0.2) is 18.2 Å². The minimum atomic E-state index is -0.0234. The van der Waals surface area contributed by atoms with E-state index >= 15 is 0 Å². The van der Waals surface area contributed by atoms with Gasteiger partial charge in [-0.05, 0) is 49.7 Å². The summed E-state index contributed by atoms with van der Waals surface area (Å²) in [6.45, 7) is 4.14. The molecule has 0 bridgehead atoms. The molecule has 0 fully saturated rings. The molecule has 3 heterocycles. The van der Waals surface area contributed by atoms with Crippen molar-refractivity contribution in [3.8, 4) is 12.1 Å². The van der Waals surface area contributed by atoms with Gasteiger partial charge in [-0.15, -0.1) is 0 Å². The number of fused-ring (bicyclic) bond motifs is 4. The maximum atomic E-state index is 9.63. The molecule has 0 spiro atoms. The van der Waals surface area contributed by atoms with Gasteiger partial charge in [-0.1, -0.05) is 0 Å². The first-order valence-electron chi connectivity index (χ1n) is 9.31. The zero-order valence-electron chi connectivity index (χ0n) is 16.3. The van der Waals surface area contributed by atoms with E-state index in [1.165, 1.54) is 0 Å². The topological polar surface area (TPSA) is 80.1 Å². The second-order valence-corrected chi connectivity index (χ2v) is 7.32. The van der Waals surface area contributed by atoms with Gasteiger partial charge in [-0.25, -0.2) is 4.98 Å². The summed E-state index contributed by atoms with van der Waals surface area (Å²) in [6, 6.07) is 16.0. The van der Waals surface area contributed by atoms with E-state index in [-0.39, 0.29) is 6.17 Å². The summed E-state index contributed by atoms with van der Waals surface area (Å²) >= 11 is 0. The van der Waals surface area contributed by atoms with Crippen molar-refractivity contribution in [2.45, 2.75) is 20.0 Å². The monoisotopic (exact) mass is 379 g/mol. The molecule has 2 aromatic carbocycles. The quantitative estimate of drug-likeness (QED) is 0.465. The van der Waals surface area contributed by atoms with Crippen molar-refractivity contribution in [2.75, 3.05) is 16.8 Å². The van der Waals surface area contributed by atoms with E-state index in [2.05, 4.69) is 46.8 Å². The largest absolute Gasteiger partial charge is 0.438 e. The minimum absolute atomic E-state index is 0.0234. The van der Waals surface area contributed by atoms with Crippen molar-refractivity contribution in [1.82, 2.24) is 4.98 Å². The molecule has 4 aromatic rings. The lowest BCUT2D eigenvalue weighted by Crippen LogP contribution is -2.36. The Bertz CT molecular complexity index is 1390. The Hall–Kier alpha value is -4.03. The molecule has 0 saturated carbocycles. The van der Waals surface area contributed by atoms with Gasteiger partial charge in [0.2, 0.25) is 5.71 Å². The molecular weight excluding hydrogens is 362 g/mol. The number of furan rings is 1. The standard InChI is InChI=1S/C23H17N5O/c1-13-7-18-17-5-4-6-26-23(17)29-21(18)10-19(13)28-14(2)27(3)22-16(12-25)8-15(11-24)9-20(22)28/h4-10,14H,1-3H3/t14-/m0/s1. The molecule has 0 aliphatic carbocycles. The first kappa shape index (κ1) is 17.1. The molecule has 6 heteroatoms. The number of benzene rings is 2. The van der Waals surface area contributed by atoms with E-state index in [1.54, 1.807) is 12.3 Å². The summed E-state index contributed by atoms with van der Waals surface area (Å²) < 4.78 is 5.99. The third kappa shape index (κ3) is 2.30. The van der Waals surface area contributed by atoms with Gasteiger partial charge in [0.15, 0.2) is 0 Å². The average molecular weight is 379 g/mol. The Balaban J connectivity index is 1.78. The van der Waals surface area contributed by atoms with Gasteiger partial charge in [0.05, 0.1) is 28.6 Å². The predicted molar refractivity (Wildman–Crippen MR) is 112 cm³/mol. The van der Waals surface area contributed by atoms with Gasteiger partial charge in [-0.2, -0.15) is 10.5 Å². The lowest BCUT2D eigenvalue weighted by molar-refractivity contribution is 0.653. The Kier molecular flexibility index (Phi) is 3.53. The van der Waals surface area contributed by atoms with Crippen molar-refractivity contribution in [1.29, 1.82) is 10.5 Å². The fourth-order valence-corrected chi connectivity index (χ4v) is 4.23. The summed E-state index contributed by atoms with van der Waals surface area (Å²) in [5, 5.41) is 21.1. The van der Waals surface area contributed by atoms with Crippen molar-refractivity contribution >= 4 is 39.1 Å². The SMILES string of the molecule is Cc1cc2c(cc1N1c3cc(C#N)cc(C#N)c3N(C)[C@@H]1C)oc1ncccc12. The molecular formula is C23H17N5O. The number of aromatic nitrogens is 1. The molecule has 29 heavy (non-hydrogen) atoms. The second-order valence-electron chi connectivity index (χ2n) is 7.32. The van der Waals surface area contributed by atoms with E-state index in [4.69, 9.17) is 4.42 Å². The number of aryl methyl sites for hydroxylation is 1. The smallest absolute Gasteiger partial charge is 0.227 e. The van der Waals surface area contributed by atoms with Crippen LogP contribution in [-0.2, 0) is 0 Å². The van der Waals surface area contributed by atoms with Crippen molar-refractivity contribution in [3.05, 3.63) is 59.3 Å². The predicted octanol–water partition coefficient (Wildman–Crippen LogP) is 4.97. The molecule has 0 saturated heterocycles.